The molecule has 2 aliphatic rings. The highest BCUT2D eigenvalue weighted by Gasteiger charge is 2.22. The van der Waals surface area contributed by atoms with E-state index in [1.165, 1.54) is 18.2 Å². The van der Waals surface area contributed by atoms with Crippen LogP contribution in [-0.2, 0) is 17.8 Å². The van der Waals surface area contributed by atoms with E-state index in [4.69, 9.17) is 9.47 Å². The maximum Gasteiger partial charge on any atom is 0.230 e. The van der Waals surface area contributed by atoms with Crippen molar-refractivity contribution in [1.82, 2.24) is 20.1 Å². The molecule has 1 amide bonds. The highest BCUT2D eigenvalue weighted by atomic mass is 32.2. The molecule has 0 bridgehead atoms. The molecule has 7 nitrogen and oxygen atoms in total. The summed E-state index contributed by atoms with van der Waals surface area (Å²) >= 11 is 1.47. The molecule has 1 aromatic heterocycles. The molecule has 4 rings (SSSR count). The molecule has 30 heavy (non-hydrogen) atoms. The third-order valence-corrected chi connectivity index (χ3v) is 6.49. The Hall–Kier alpha value is -2.22. The van der Waals surface area contributed by atoms with Crippen LogP contribution in [0.2, 0.25) is 0 Å². The average Bonchev–Trinajstić information content (AvgIpc) is 2.92. The van der Waals surface area contributed by atoms with Gasteiger partial charge in [-0.05, 0) is 36.5 Å². The maximum absolute atomic E-state index is 12.8. The van der Waals surface area contributed by atoms with E-state index in [1.807, 2.05) is 18.2 Å². The van der Waals surface area contributed by atoms with Crippen molar-refractivity contribution in [3.8, 4) is 11.5 Å². The minimum Gasteiger partial charge on any atom is -0.490 e. The Bertz CT molecular complexity index is 883. The first-order chi connectivity index (χ1) is 14.6. The molecule has 0 aliphatic carbocycles. The van der Waals surface area contributed by atoms with Crippen LogP contribution in [0.25, 0.3) is 0 Å². The largest absolute Gasteiger partial charge is 0.490 e. The summed E-state index contributed by atoms with van der Waals surface area (Å²) in [4.78, 5) is 12.8. The van der Waals surface area contributed by atoms with Gasteiger partial charge in [-0.3, -0.25) is 4.79 Å². The van der Waals surface area contributed by atoms with Crippen LogP contribution in [0.5, 0.6) is 11.5 Å². The molecule has 1 atom stereocenters. The second kappa shape index (κ2) is 9.73. The van der Waals surface area contributed by atoms with Gasteiger partial charge in [-0.2, -0.15) is 0 Å². The molecule has 2 aliphatic heterocycles. The molecule has 162 valence electrons. The zero-order chi connectivity index (χ0) is 20.9. The number of benzene rings is 1. The highest BCUT2D eigenvalue weighted by Crippen LogP contribution is 2.34. The van der Waals surface area contributed by atoms with E-state index in [0.29, 0.717) is 19.0 Å². The van der Waals surface area contributed by atoms with Gasteiger partial charge in [0.2, 0.25) is 5.91 Å². The van der Waals surface area contributed by atoms with Crippen LogP contribution in [0.15, 0.2) is 23.4 Å². The van der Waals surface area contributed by atoms with Crippen LogP contribution < -0.4 is 14.8 Å². The van der Waals surface area contributed by atoms with Crippen molar-refractivity contribution in [2.45, 2.75) is 63.7 Å². The fraction of sp³-hybridized carbons (Fsp3) is 0.591. The number of fused-ring (bicyclic) bond motifs is 2. The van der Waals surface area contributed by atoms with Crippen LogP contribution in [0.3, 0.4) is 0 Å². The molecule has 0 radical (unpaired) electrons. The molecule has 8 heteroatoms. The van der Waals surface area contributed by atoms with E-state index in [1.54, 1.807) is 0 Å². The van der Waals surface area contributed by atoms with Crippen molar-refractivity contribution in [1.29, 1.82) is 0 Å². The molecule has 2 aromatic rings. The molecule has 0 spiro atoms. The van der Waals surface area contributed by atoms with Gasteiger partial charge >= 0.3 is 0 Å². The van der Waals surface area contributed by atoms with Gasteiger partial charge < -0.3 is 19.4 Å². The summed E-state index contributed by atoms with van der Waals surface area (Å²) in [7, 11) is 0. The lowest BCUT2D eigenvalue weighted by atomic mass is 9.95. The van der Waals surface area contributed by atoms with E-state index in [9.17, 15) is 4.79 Å². The predicted octanol–water partition coefficient (Wildman–Crippen LogP) is 3.77. The summed E-state index contributed by atoms with van der Waals surface area (Å²) in [5.41, 5.74) is 1.03. The molecular formula is C22H30N4O3S. The van der Waals surface area contributed by atoms with E-state index >= 15 is 0 Å². The lowest BCUT2D eigenvalue weighted by Crippen LogP contribution is -2.33. The van der Waals surface area contributed by atoms with Gasteiger partial charge in [0.15, 0.2) is 16.7 Å². The van der Waals surface area contributed by atoms with Gasteiger partial charge in [-0.25, -0.2) is 0 Å². The van der Waals surface area contributed by atoms with Crippen molar-refractivity contribution < 1.29 is 14.3 Å². The van der Waals surface area contributed by atoms with Crippen molar-refractivity contribution >= 4 is 17.7 Å². The second-order valence-corrected chi connectivity index (χ2v) is 9.14. The minimum atomic E-state index is -0.0919. The first kappa shape index (κ1) is 21.0. The van der Waals surface area contributed by atoms with Crippen molar-refractivity contribution in [2.24, 2.45) is 5.92 Å². The van der Waals surface area contributed by atoms with Gasteiger partial charge in [0.25, 0.3) is 0 Å². The average molecular weight is 431 g/mol. The summed E-state index contributed by atoms with van der Waals surface area (Å²) in [6, 6.07) is 5.87. The second-order valence-electron chi connectivity index (χ2n) is 8.20. The Morgan fingerprint density at radius 3 is 2.80 bits per heavy atom. The Kier molecular flexibility index (Phi) is 6.82. The number of nitrogens with zero attached hydrogens (tertiary/aromatic N) is 3. The fourth-order valence-corrected chi connectivity index (χ4v) is 4.71. The van der Waals surface area contributed by atoms with Crippen LogP contribution in [0.4, 0.5) is 0 Å². The number of aryl methyl sites for hydroxylation is 1. The smallest absolute Gasteiger partial charge is 0.230 e. The Morgan fingerprint density at radius 2 is 1.97 bits per heavy atom. The van der Waals surface area contributed by atoms with Crippen molar-refractivity contribution in [3.05, 3.63) is 29.6 Å². The molecule has 3 heterocycles. The lowest BCUT2D eigenvalue weighted by Gasteiger charge is -2.24. The van der Waals surface area contributed by atoms with Gasteiger partial charge in [0.05, 0.1) is 25.0 Å². The number of hydrogen-bond acceptors (Lipinski definition) is 6. The molecule has 0 saturated heterocycles. The van der Waals surface area contributed by atoms with Gasteiger partial charge in [0.1, 0.15) is 5.82 Å². The monoisotopic (exact) mass is 430 g/mol. The minimum absolute atomic E-state index is 0.00298. The zero-order valence-corrected chi connectivity index (χ0v) is 18.5. The molecule has 0 saturated carbocycles. The molecule has 0 unspecified atom stereocenters. The zero-order valence-electron chi connectivity index (χ0n) is 17.7. The van der Waals surface area contributed by atoms with Crippen LogP contribution >= 0.6 is 11.8 Å². The number of hydrogen-bond donors (Lipinski definition) is 1. The number of amides is 1. The third-order valence-electron chi connectivity index (χ3n) is 5.52. The first-order valence-corrected chi connectivity index (χ1v) is 11.8. The number of thioether (sulfide) groups is 1. The topological polar surface area (TPSA) is 78.3 Å². The summed E-state index contributed by atoms with van der Waals surface area (Å²) in [6.45, 7) is 6.48. The predicted molar refractivity (Wildman–Crippen MR) is 116 cm³/mol. The van der Waals surface area contributed by atoms with Crippen LogP contribution in [0, 0.1) is 5.92 Å². The number of carbonyl (C=O) groups is 1. The quantitative estimate of drug-likeness (QED) is 0.703. The number of rotatable bonds is 6. The Labute approximate surface area is 181 Å². The number of ether oxygens (including phenoxy) is 2. The Morgan fingerprint density at radius 1 is 1.13 bits per heavy atom. The number of carbonyl (C=O) groups excluding carboxylic acids is 1. The molecule has 0 fully saturated rings. The van der Waals surface area contributed by atoms with E-state index in [0.717, 1.165) is 60.3 Å². The van der Waals surface area contributed by atoms with Crippen molar-refractivity contribution in [3.63, 3.8) is 0 Å². The highest BCUT2D eigenvalue weighted by molar-refractivity contribution is 7.99. The van der Waals surface area contributed by atoms with Crippen molar-refractivity contribution in [2.75, 3.05) is 19.0 Å². The third kappa shape index (κ3) is 4.91. The van der Waals surface area contributed by atoms with Crippen LogP contribution in [0.1, 0.15) is 57.0 Å². The number of aromatic nitrogens is 3. The van der Waals surface area contributed by atoms with E-state index in [-0.39, 0.29) is 17.9 Å². The molecular weight excluding hydrogens is 400 g/mol. The van der Waals surface area contributed by atoms with Crippen LogP contribution in [-0.4, -0.2) is 39.6 Å². The molecule has 1 aromatic carbocycles. The van der Waals surface area contributed by atoms with Gasteiger partial charge in [-0.1, -0.05) is 38.1 Å². The van der Waals surface area contributed by atoms with E-state index < -0.39 is 0 Å². The fourth-order valence-electron chi connectivity index (χ4n) is 3.92. The summed E-state index contributed by atoms with van der Waals surface area (Å²) in [5, 5.41) is 12.7. The summed E-state index contributed by atoms with van der Waals surface area (Å²) in [5.74, 6) is 3.14. The standard InChI is InChI=1S/C22H30N4O3S/c1-15(2)21(16-8-9-17-18(13-16)29-12-6-11-28-17)23-20(27)14-30-22-25-24-19-7-4-3-5-10-26(19)22/h8-9,13,15,21H,3-7,10-12,14H2,1-2H3,(H,23,27)/t21-/m0/s1. The molecule has 1 N–H and O–H groups in total. The SMILES string of the molecule is CC(C)[C@H](NC(=O)CSc1nnc2n1CCCCC2)c1ccc2c(c1)OCCCO2. The van der Waals surface area contributed by atoms with E-state index in [2.05, 4.69) is 33.9 Å². The Balaban J connectivity index is 1.41. The first-order valence-electron chi connectivity index (χ1n) is 10.9. The normalized spacial score (nSPS) is 17.0. The van der Waals surface area contributed by atoms with Gasteiger partial charge in [-0.15, -0.1) is 10.2 Å². The maximum atomic E-state index is 12.8. The summed E-state index contributed by atoms with van der Waals surface area (Å²) in [6.07, 6.45) is 5.37. The van der Waals surface area contributed by atoms with Gasteiger partial charge in [0, 0.05) is 19.4 Å². The summed E-state index contributed by atoms with van der Waals surface area (Å²) < 4.78 is 13.7. The lowest BCUT2D eigenvalue weighted by molar-refractivity contribution is -0.119. The number of nitrogens with one attached hydrogen (secondary N) is 1.